The van der Waals surface area contributed by atoms with Crippen molar-refractivity contribution in [2.24, 2.45) is 5.92 Å². The third-order valence-electron chi connectivity index (χ3n) is 4.06. The molecule has 1 amide bonds. The number of unbranched alkanes of at least 4 members (excludes halogenated alkanes) is 3. The molecule has 0 heterocycles. The Hall–Kier alpha value is -0.910. The zero-order valence-electron chi connectivity index (χ0n) is 13.5. The first kappa shape index (κ1) is 19.1. The lowest BCUT2D eigenvalue weighted by atomic mass is 9.86. The molecule has 1 fully saturated rings. The van der Waals surface area contributed by atoms with Crippen LogP contribution in [-0.4, -0.2) is 29.0 Å². The molecule has 1 aliphatic rings. The monoisotopic (exact) mass is 331 g/mol. The van der Waals surface area contributed by atoms with Crippen LogP contribution in [0.1, 0.15) is 71.1 Å². The van der Waals surface area contributed by atoms with Gasteiger partial charge in [-0.2, -0.15) is 0 Å². The highest BCUT2D eigenvalue weighted by molar-refractivity contribution is 7.99. The predicted octanol–water partition coefficient (Wildman–Crippen LogP) is 4.36. The lowest BCUT2D eigenvalue weighted by Crippen LogP contribution is -2.28. The van der Waals surface area contributed by atoms with Gasteiger partial charge in [-0.3, -0.25) is 9.52 Å². The molecule has 0 saturated heterocycles. The van der Waals surface area contributed by atoms with Gasteiger partial charge in [0.05, 0.1) is 6.61 Å². The topological polar surface area (TPSA) is 75.6 Å². The highest BCUT2D eigenvalue weighted by Crippen LogP contribution is 2.30. The maximum absolute atomic E-state index is 11.5. The van der Waals surface area contributed by atoms with Gasteiger partial charge in [0.2, 0.25) is 0 Å². The summed E-state index contributed by atoms with van der Waals surface area (Å²) >= 11 is 0.976. The van der Waals surface area contributed by atoms with E-state index in [0.717, 1.165) is 50.5 Å². The van der Waals surface area contributed by atoms with Crippen LogP contribution in [0.25, 0.3) is 0 Å². The van der Waals surface area contributed by atoms with Crippen molar-refractivity contribution < 1.29 is 19.4 Å². The molecule has 1 saturated carbocycles. The van der Waals surface area contributed by atoms with E-state index < -0.39 is 17.3 Å². The van der Waals surface area contributed by atoms with Crippen LogP contribution >= 0.6 is 11.9 Å². The molecule has 0 aromatic rings. The van der Waals surface area contributed by atoms with E-state index in [1.807, 2.05) is 0 Å². The van der Waals surface area contributed by atoms with Gasteiger partial charge in [-0.25, -0.2) is 4.79 Å². The second kappa shape index (κ2) is 11.6. The molecule has 5 nitrogen and oxygen atoms in total. The summed E-state index contributed by atoms with van der Waals surface area (Å²) < 4.78 is 7.56. The summed E-state index contributed by atoms with van der Waals surface area (Å²) in [7, 11) is 0. The number of aliphatic carboxylic acids is 1. The Kier molecular flexibility index (Phi) is 10.1. The number of rotatable bonds is 10. The van der Waals surface area contributed by atoms with E-state index in [4.69, 9.17) is 4.74 Å². The molecule has 1 atom stereocenters. The van der Waals surface area contributed by atoms with Crippen molar-refractivity contribution in [2.45, 2.75) is 76.4 Å². The quantitative estimate of drug-likeness (QED) is 0.459. The van der Waals surface area contributed by atoms with E-state index in [0.29, 0.717) is 18.9 Å². The third-order valence-corrected chi connectivity index (χ3v) is 5.03. The fourth-order valence-electron chi connectivity index (χ4n) is 2.77. The zero-order chi connectivity index (χ0) is 16.2. The van der Waals surface area contributed by atoms with Gasteiger partial charge in [0.25, 0.3) is 0 Å². The van der Waals surface area contributed by atoms with Gasteiger partial charge >= 0.3 is 12.1 Å². The molecule has 6 heteroatoms. The third kappa shape index (κ3) is 8.51. The second-order valence-electron chi connectivity index (χ2n) is 5.98. The van der Waals surface area contributed by atoms with Crippen molar-refractivity contribution in [1.82, 2.24) is 4.72 Å². The standard InChI is InChI=1S/C16H29NO4S/c1-2-3-4-8-11-21-16(20)17-22-14(15(18)19)12-13-9-6-5-7-10-13/h13-14H,2-12H2,1H3,(H,17,20)(H,18,19)/t14-/m0/s1. The van der Waals surface area contributed by atoms with Crippen LogP contribution in [0.5, 0.6) is 0 Å². The van der Waals surface area contributed by atoms with E-state index in [1.165, 1.54) is 19.3 Å². The summed E-state index contributed by atoms with van der Waals surface area (Å²) in [6, 6.07) is 0. The Morgan fingerprint density at radius 3 is 2.59 bits per heavy atom. The summed E-state index contributed by atoms with van der Waals surface area (Å²) in [5.41, 5.74) is 0. The zero-order valence-corrected chi connectivity index (χ0v) is 14.3. The number of ether oxygens (including phenoxy) is 1. The van der Waals surface area contributed by atoms with Gasteiger partial charge in [0.15, 0.2) is 0 Å². The van der Waals surface area contributed by atoms with Crippen LogP contribution in [0.3, 0.4) is 0 Å². The molecule has 1 aliphatic carbocycles. The van der Waals surface area contributed by atoms with E-state index in [2.05, 4.69) is 11.6 Å². The van der Waals surface area contributed by atoms with Gasteiger partial charge in [-0.1, -0.05) is 58.3 Å². The van der Waals surface area contributed by atoms with Gasteiger partial charge in [-0.15, -0.1) is 0 Å². The molecule has 0 bridgehead atoms. The molecule has 0 unspecified atom stereocenters. The Morgan fingerprint density at radius 1 is 1.23 bits per heavy atom. The number of hydrogen-bond donors (Lipinski definition) is 2. The van der Waals surface area contributed by atoms with Crippen LogP contribution in [0.15, 0.2) is 0 Å². The fraction of sp³-hybridized carbons (Fsp3) is 0.875. The lowest BCUT2D eigenvalue weighted by molar-refractivity contribution is -0.136. The molecule has 22 heavy (non-hydrogen) atoms. The average Bonchev–Trinajstić information content (AvgIpc) is 2.52. The molecule has 2 N–H and O–H groups in total. The van der Waals surface area contributed by atoms with Crippen molar-refractivity contribution in [1.29, 1.82) is 0 Å². The predicted molar refractivity (Wildman–Crippen MR) is 88.8 cm³/mol. The average molecular weight is 331 g/mol. The molecule has 0 aliphatic heterocycles. The molecule has 0 spiro atoms. The molecule has 128 valence electrons. The van der Waals surface area contributed by atoms with E-state index in [1.54, 1.807) is 0 Å². The molecule has 1 rings (SSSR count). The number of nitrogens with one attached hydrogen (secondary N) is 1. The Morgan fingerprint density at radius 2 is 1.95 bits per heavy atom. The highest BCUT2D eigenvalue weighted by atomic mass is 32.2. The maximum Gasteiger partial charge on any atom is 0.417 e. The molecular weight excluding hydrogens is 302 g/mol. The molecule has 0 radical (unpaired) electrons. The normalized spacial score (nSPS) is 17.0. The van der Waals surface area contributed by atoms with E-state index >= 15 is 0 Å². The first-order chi connectivity index (χ1) is 10.6. The Balaban J connectivity index is 2.19. The molecule has 0 aromatic heterocycles. The summed E-state index contributed by atoms with van der Waals surface area (Å²) in [5, 5.41) is 8.69. The smallest absolute Gasteiger partial charge is 0.417 e. The number of amides is 1. The van der Waals surface area contributed by atoms with Gasteiger partial charge in [0.1, 0.15) is 5.25 Å². The summed E-state index contributed by atoms with van der Waals surface area (Å²) in [4.78, 5) is 22.9. The number of carboxylic acids is 1. The Labute approximate surface area is 137 Å². The minimum Gasteiger partial charge on any atom is -0.480 e. The van der Waals surface area contributed by atoms with Crippen molar-refractivity contribution in [3.63, 3.8) is 0 Å². The lowest BCUT2D eigenvalue weighted by Gasteiger charge is -2.24. The van der Waals surface area contributed by atoms with Crippen molar-refractivity contribution in [3.05, 3.63) is 0 Å². The summed E-state index contributed by atoms with van der Waals surface area (Å²) in [6.07, 6.45) is 10.1. The molecular formula is C16H29NO4S. The van der Waals surface area contributed by atoms with Crippen molar-refractivity contribution in [2.75, 3.05) is 6.61 Å². The first-order valence-electron chi connectivity index (χ1n) is 8.44. The number of hydrogen-bond acceptors (Lipinski definition) is 4. The van der Waals surface area contributed by atoms with Crippen LogP contribution in [0.4, 0.5) is 4.79 Å². The molecule has 0 aromatic carbocycles. The van der Waals surface area contributed by atoms with Crippen molar-refractivity contribution >= 4 is 24.0 Å². The van der Waals surface area contributed by atoms with Crippen LogP contribution in [0, 0.1) is 5.92 Å². The highest BCUT2D eigenvalue weighted by Gasteiger charge is 2.25. The van der Waals surface area contributed by atoms with E-state index in [9.17, 15) is 14.7 Å². The number of carboxylic acid groups (broad SMARTS) is 1. The summed E-state index contributed by atoms with van der Waals surface area (Å²) in [6.45, 7) is 2.52. The van der Waals surface area contributed by atoms with Crippen LogP contribution in [0.2, 0.25) is 0 Å². The SMILES string of the molecule is CCCCCCOC(=O)NS[C@@H](CC1CCCCC1)C(=O)O. The van der Waals surface area contributed by atoms with Crippen LogP contribution in [-0.2, 0) is 9.53 Å². The van der Waals surface area contributed by atoms with Crippen LogP contribution < -0.4 is 4.72 Å². The second-order valence-corrected chi connectivity index (χ2v) is 6.99. The van der Waals surface area contributed by atoms with E-state index in [-0.39, 0.29) is 0 Å². The fourth-order valence-corrected chi connectivity index (χ4v) is 3.53. The van der Waals surface area contributed by atoms with Gasteiger partial charge in [0, 0.05) is 0 Å². The minimum atomic E-state index is -0.862. The Bertz CT molecular complexity index is 332. The van der Waals surface area contributed by atoms with Crippen molar-refractivity contribution in [3.8, 4) is 0 Å². The van der Waals surface area contributed by atoms with Gasteiger partial charge < -0.3 is 9.84 Å². The minimum absolute atomic E-state index is 0.396. The maximum atomic E-state index is 11.5. The largest absolute Gasteiger partial charge is 0.480 e. The summed E-state index contributed by atoms with van der Waals surface area (Å²) in [5.74, 6) is -0.395. The van der Waals surface area contributed by atoms with Gasteiger partial charge in [-0.05, 0) is 30.7 Å². The number of carbonyl (C=O) groups is 2. The number of carbonyl (C=O) groups excluding carboxylic acids is 1. The first-order valence-corrected chi connectivity index (χ1v) is 9.32.